The van der Waals surface area contributed by atoms with Gasteiger partial charge in [-0.25, -0.2) is 0 Å². The van der Waals surface area contributed by atoms with Gasteiger partial charge in [0.25, 0.3) is 0 Å². The molecular formula is C17H26N2O2. The third kappa shape index (κ3) is 4.04. The SMILES string of the molecule is OC[C@@H]1CN(Cc2ccccc2)C[C@@H]1CN1CCOCC1. The van der Waals surface area contributed by atoms with Gasteiger partial charge in [-0.3, -0.25) is 9.80 Å². The molecule has 0 unspecified atom stereocenters. The fraction of sp³-hybridized carbons (Fsp3) is 0.647. The van der Waals surface area contributed by atoms with Crippen LogP contribution in [0.2, 0.25) is 0 Å². The monoisotopic (exact) mass is 290 g/mol. The molecule has 2 saturated heterocycles. The van der Waals surface area contributed by atoms with Gasteiger partial charge in [0.15, 0.2) is 0 Å². The van der Waals surface area contributed by atoms with Crippen LogP contribution < -0.4 is 0 Å². The molecule has 1 aromatic rings. The highest BCUT2D eigenvalue weighted by molar-refractivity contribution is 5.14. The van der Waals surface area contributed by atoms with Gasteiger partial charge in [-0.05, 0) is 17.4 Å². The van der Waals surface area contributed by atoms with Crippen molar-refractivity contribution >= 4 is 0 Å². The van der Waals surface area contributed by atoms with Crippen molar-refractivity contribution in [3.63, 3.8) is 0 Å². The third-order valence-corrected chi connectivity index (χ3v) is 4.73. The van der Waals surface area contributed by atoms with Gasteiger partial charge in [0.1, 0.15) is 0 Å². The summed E-state index contributed by atoms with van der Waals surface area (Å²) < 4.78 is 5.42. The molecule has 0 bridgehead atoms. The molecule has 2 fully saturated rings. The quantitative estimate of drug-likeness (QED) is 0.880. The first kappa shape index (κ1) is 15.0. The second kappa shape index (κ2) is 7.36. The fourth-order valence-electron chi connectivity index (χ4n) is 3.54. The summed E-state index contributed by atoms with van der Waals surface area (Å²) in [5, 5.41) is 9.68. The van der Waals surface area contributed by atoms with E-state index in [1.165, 1.54) is 5.56 Å². The van der Waals surface area contributed by atoms with Crippen molar-refractivity contribution in [3.05, 3.63) is 35.9 Å². The van der Waals surface area contributed by atoms with Crippen molar-refractivity contribution in [1.82, 2.24) is 9.80 Å². The molecule has 0 radical (unpaired) electrons. The number of aliphatic hydroxyl groups excluding tert-OH is 1. The lowest BCUT2D eigenvalue weighted by atomic mass is 9.96. The van der Waals surface area contributed by atoms with Crippen LogP contribution in [0.3, 0.4) is 0 Å². The van der Waals surface area contributed by atoms with E-state index in [0.717, 1.165) is 52.5 Å². The van der Waals surface area contributed by atoms with Crippen LogP contribution >= 0.6 is 0 Å². The maximum absolute atomic E-state index is 9.68. The molecule has 4 heteroatoms. The first-order valence-corrected chi connectivity index (χ1v) is 8.02. The van der Waals surface area contributed by atoms with E-state index in [1.54, 1.807) is 0 Å². The molecule has 2 heterocycles. The molecule has 4 nitrogen and oxygen atoms in total. The molecule has 0 amide bonds. The lowest BCUT2D eigenvalue weighted by Gasteiger charge is -2.30. The zero-order valence-electron chi connectivity index (χ0n) is 12.7. The molecule has 0 aromatic heterocycles. The van der Waals surface area contributed by atoms with Gasteiger partial charge in [0.05, 0.1) is 13.2 Å². The van der Waals surface area contributed by atoms with Crippen LogP contribution in [0.5, 0.6) is 0 Å². The largest absolute Gasteiger partial charge is 0.396 e. The summed E-state index contributed by atoms with van der Waals surface area (Å²) in [7, 11) is 0. The Bertz CT molecular complexity index is 420. The minimum atomic E-state index is 0.306. The molecule has 3 rings (SSSR count). The second-order valence-corrected chi connectivity index (χ2v) is 6.30. The molecule has 0 spiro atoms. The lowest BCUT2D eigenvalue weighted by molar-refractivity contribution is 0.0264. The first-order valence-electron chi connectivity index (χ1n) is 8.02. The molecule has 2 atom stereocenters. The van der Waals surface area contributed by atoms with Gasteiger partial charge in [0, 0.05) is 45.9 Å². The maximum Gasteiger partial charge on any atom is 0.0594 e. The number of likely N-dealkylation sites (tertiary alicyclic amines) is 1. The maximum atomic E-state index is 9.68. The number of morpholine rings is 1. The number of nitrogens with zero attached hydrogens (tertiary/aromatic N) is 2. The number of ether oxygens (including phenoxy) is 1. The summed E-state index contributed by atoms with van der Waals surface area (Å²) >= 11 is 0. The summed E-state index contributed by atoms with van der Waals surface area (Å²) in [6, 6.07) is 10.6. The number of rotatable bonds is 5. The van der Waals surface area contributed by atoms with E-state index in [0.29, 0.717) is 18.4 Å². The van der Waals surface area contributed by atoms with Crippen LogP contribution in [-0.4, -0.2) is 67.5 Å². The van der Waals surface area contributed by atoms with Crippen LogP contribution in [-0.2, 0) is 11.3 Å². The zero-order chi connectivity index (χ0) is 14.5. The molecule has 0 saturated carbocycles. The van der Waals surface area contributed by atoms with Crippen LogP contribution in [0.4, 0.5) is 0 Å². The van der Waals surface area contributed by atoms with E-state index >= 15 is 0 Å². The number of hydrogen-bond acceptors (Lipinski definition) is 4. The smallest absolute Gasteiger partial charge is 0.0594 e. The third-order valence-electron chi connectivity index (χ3n) is 4.73. The van der Waals surface area contributed by atoms with Gasteiger partial charge in [-0.1, -0.05) is 30.3 Å². The average Bonchev–Trinajstić information content (AvgIpc) is 2.91. The normalized spacial score (nSPS) is 28.0. The number of aliphatic hydroxyl groups is 1. The Morgan fingerprint density at radius 2 is 1.71 bits per heavy atom. The van der Waals surface area contributed by atoms with Gasteiger partial charge in [-0.2, -0.15) is 0 Å². The first-order chi connectivity index (χ1) is 10.3. The Morgan fingerprint density at radius 1 is 1.00 bits per heavy atom. The van der Waals surface area contributed by atoms with E-state index in [-0.39, 0.29) is 0 Å². The molecule has 21 heavy (non-hydrogen) atoms. The molecule has 1 aromatic carbocycles. The average molecular weight is 290 g/mol. The van der Waals surface area contributed by atoms with Crippen LogP contribution in [0.1, 0.15) is 5.56 Å². The Morgan fingerprint density at radius 3 is 2.43 bits per heavy atom. The van der Waals surface area contributed by atoms with Crippen molar-refractivity contribution in [2.75, 3.05) is 52.5 Å². The molecule has 0 aliphatic carbocycles. The summed E-state index contributed by atoms with van der Waals surface area (Å²) in [6.07, 6.45) is 0. The van der Waals surface area contributed by atoms with Gasteiger partial charge >= 0.3 is 0 Å². The van der Waals surface area contributed by atoms with Crippen molar-refractivity contribution in [2.45, 2.75) is 6.54 Å². The summed E-state index contributed by atoms with van der Waals surface area (Å²) in [4.78, 5) is 4.98. The van der Waals surface area contributed by atoms with Crippen molar-refractivity contribution < 1.29 is 9.84 Å². The Hall–Kier alpha value is -0.940. The Kier molecular flexibility index (Phi) is 5.25. The lowest BCUT2D eigenvalue weighted by Crippen LogP contribution is -2.41. The highest BCUT2D eigenvalue weighted by atomic mass is 16.5. The van der Waals surface area contributed by atoms with E-state index in [9.17, 15) is 5.11 Å². The van der Waals surface area contributed by atoms with E-state index in [1.807, 2.05) is 0 Å². The fourth-order valence-corrected chi connectivity index (χ4v) is 3.54. The van der Waals surface area contributed by atoms with E-state index in [2.05, 4.69) is 40.1 Å². The van der Waals surface area contributed by atoms with Crippen molar-refractivity contribution in [2.24, 2.45) is 11.8 Å². The van der Waals surface area contributed by atoms with Crippen LogP contribution in [0.15, 0.2) is 30.3 Å². The predicted octanol–water partition coefficient (Wildman–Crippen LogP) is 1.06. The molecule has 2 aliphatic rings. The predicted molar refractivity (Wildman–Crippen MR) is 83.0 cm³/mol. The Balaban J connectivity index is 1.55. The molecule has 116 valence electrons. The number of benzene rings is 1. The van der Waals surface area contributed by atoms with Gasteiger partial charge in [0.2, 0.25) is 0 Å². The molecule has 1 N–H and O–H groups in total. The van der Waals surface area contributed by atoms with Gasteiger partial charge in [-0.15, -0.1) is 0 Å². The van der Waals surface area contributed by atoms with Crippen molar-refractivity contribution in [1.29, 1.82) is 0 Å². The topological polar surface area (TPSA) is 35.9 Å². The zero-order valence-corrected chi connectivity index (χ0v) is 12.7. The van der Waals surface area contributed by atoms with Gasteiger partial charge < -0.3 is 9.84 Å². The highest BCUT2D eigenvalue weighted by Gasteiger charge is 2.33. The summed E-state index contributed by atoms with van der Waals surface area (Å²) in [5.41, 5.74) is 1.36. The summed E-state index contributed by atoms with van der Waals surface area (Å²) in [5.74, 6) is 0.994. The van der Waals surface area contributed by atoms with Crippen LogP contribution in [0, 0.1) is 11.8 Å². The standard InChI is InChI=1S/C17H26N2O2/c20-14-17-13-19(10-15-4-2-1-3-5-15)12-16(17)11-18-6-8-21-9-7-18/h1-5,16-17,20H,6-14H2/t16-,17-/m0/s1. The second-order valence-electron chi connectivity index (χ2n) is 6.30. The highest BCUT2D eigenvalue weighted by Crippen LogP contribution is 2.25. The minimum Gasteiger partial charge on any atom is -0.396 e. The molecular weight excluding hydrogens is 264 g/mol. The minimum absolute atomic E-state index is 0.306. The van der Waals surface area contributed by atoms with E-state index in [4.69, 9.17) is 4.74 Å². The number of hydrogen-bond donors (Lipinski definition) is 1. The van der Waals surface area contributed by atoms with E-state index < -0.39 is 0 Å². The van der Waals surface area contributed by atoms with Crippen LogP contribution in [0.25, 0.3) is 0 Å². The summed E-state index contributed by atoms with van der Waals surface area (Å²) in [6.45, 7) is 8.28. The molecule has 2 aliphatic heterocycles. The Labute approximate surface area is 127 Å². The van der Waals surface area contributed by atoms with Crippen molar-refractivity contribution in [3.8, 4) is 0 Å².